The van der Waals surface area contributed by atoms with Crippen LogP contribution < -0.4 is 4.74 Å². The summed E-state index contributed by atoms with van der Waals surface area (Å²) in [6.07, 6.45) is 1.53. The van der Waals surface area contributed by atoms with E-state index in [9.17, 15) is 8.42 Å². The summed E-state index contributed by atoms with van der Waals surface area (Å²) in [4.78, 5) is 0. The molecule has 3 rings (SSSR count). The maximum absolute atomic E-state index is 12.7. The summed E-state index contributed by atoms with van der Waals surface area (Å²) in [5.41, 5.74) is 1.89. The predicted molar refractivity (Wildman–Crippen MR) is 95.5 cm³/mol. The molecule has 128 valence electrons. The topological polar surface area (TPSA) is 46.6 Å². The van der Waals surface area contributed by atoms with Crippen LogP contribution >= 0.6 is 0 Å². The first-order chi connectivity index (χ1) is 11.5. The summed E-state index contributed by atoms with van der Waals surface area (Å²) in [6.45, 7) is 2.99. The standard InChI is InChI=1S/C19H23NO3S/c1-16-7-5-6-8-17(16)15-24(21,22)20-13-11-19(12-14-20)23-18-9-3-2-4-10-18/h2-10,19H,11-15H2,1H3. The zero-order chi connectivity index (χ0) is 17.0. The molecule has 0 unspecified atom stereocenters. The highest BCUT2D eigenvalue weighted by Gasteiger charge is 2.29. The van der Waals surface area contributed by atoms with Gasteiger partial charge in [0, 0.05) is 13.1 Å². The largest absolute Gasteiger partial charge is 0.490 e. The lowest BCUT2D eigenvalue weighted by molar-refractivity contribution is 0.135. The summed E-state index contributed by atoms with van der Waals surface area (Å²) >= 11 is 0. The van der Waals surface area contributed by atoms with Gasteiger partial charge in [0.2, 0.25) is 10.0 Å². The molecule has 0 aliphatic carbocycles. The Morgan fingerprint density at radius 1 is 1.00 bits per heavy atom. The molecule has 0 N–H and O–H groups in total. The maximum Gasteiger partial charge on any atom is 0.218 e. The summed E-state index contributed by atoms with van der Waals surface area (Å²) in [6, 6.07) is 17.4. The van der Waals surface area contributed by atoms with Gasteiger partial charge in [0.05, 0.1) is 5.75 Å². The Morgan fingerprint density at radius 2 is 1.62 bits per heavy atom. The number of nitrogens with zero attached hydrogens (tertiary/aromatic N) is 1. The van der Waals surface area contributed by atoms with Crippen LogP contribution in [0.4, 0.5) is 0 Å². The Kier molecular flexibility index (Phi) is 5.21. The minimum Gasteiger partial charge on any atom is -0.490 e. The molecule has 0 amide bonds. The number of ether oxygens (including phenoxy) is 1. The number of hydrogen-bond donors (Lipinski definition) is 0. The SMILES string of the molecule is Cc1ccccc1CS(=O)(=O)N1CCC(Oc2ccccc2)CC1. The number of sulfonamides is 1. The summed E-state index contributed by atoms with van der Waals surface area (Å²) in [7, 11) is -3.28. The van der Waals surface area contributed by atoms with Crippen molar-refractivity contribution in [2.24, 2.45) is 0 Å². The van der Waals surface area contributed by atoms with E-state index in [0.29, 0.717) is 13.1 Å². The molecule has 2 aromatic rings. The van der Waals surface area contributed by atoms with Crippen molar-refractivity contribution >= 4 is 10.0 Å². The Balaban J connectivity index is 1.58. The third kappa shape index (κ3) is 4.16. The number of para-hydroxylation sites is 1. The van der Waals surface area contributed by atoms with Crippen molar-refractivity contribution in [1.29, 1.82) is 0 Å². The predicted octanol–water partition coefficient (Wildman–Crippen LogP) is 3.37. The molecule has 1 saturated heterocycles. The maximum atomic E-state index is 12.7. The second-order valence-electron chi connectivity index (χ2n) is 6.21. The smallest absolute Gasteiger partial charge is 0.218 e. The van der Waals surface area contributed by atoms with Gasteiger partial charge in [-0.1, -0.05) is 42.5 Å². The van der Waals surface area contributed by atoms with Gasteiger partial charge in [-0.2, -0.15) is 0 Å². The van der Waals surface area contributed by atoms with Crippen molar-refractivity contribution in [3.63, 3.8) is 0 Å². The number of hydrogen-bond acceptors (Lipinski definition) is 3. The third-order valence-corrected chi connectivity index (χ3v) is 6.27. The van der Waals surface area contributed by atoms with E-state index in [1.165, 1.54) is 0 Å². The van der Waals surface area contributed by atoms with Gasteiger partial charge in [-0.3, -0.25) is 0 Å². The summed E-state index contributed by atoms with van der Waals surface area (Å²) in [5, 5.41) is 0. The number of benzene rings is 2. The third-order valence-electron chi connectivity index (χ3n) is 4.44. The lowest BCUT2D eigenvalue weighted by Crippen LogP contribution is -2.42. The Bertz CT molecular complexity index is 766. The van der Waals surface area contributed by atoms with Crippen LogP contribution in [-0.2, 0) is 15.8 Å². The highest BCUT2D eigenvalue weighted by atomic mass is 32.2. The highest BCUT2D eigenvalue weighted by Crippen LogP contribution is 2.22. The molecule has 0 saturated carbocycles. The average Bonchev–Trinajstić information content (AvgIpc) is 2.58. The van der Waals surface area contributed by atoms with E-state index < -0.39 is 10.0 Å². The van der Waals surface area contributed by atoms with Gasteiger partial charge in [0.25, 0.3) is 0 Å². The fourth-order valence-corrected chi connectivity index (χ4v) is 4.65. The fourth-order valence-electron chi connectivity index (χ4n) is 2.98. The van der Waals surface area contributed by atoms with Gasteiger partial charge >= 0.3 is 0 Å². The van der Waals surface area contributed by atoms with Gasteiger partial charge in [-0.05, 0) is 43.0 Å². The zero-order valence-electron chi connectivity index (χ0n) is 13.9. The van der Waals surface area contributed by atoms with E-state index in [-0.39, 0.29) is 11.9 Å². The van der Waals surface area contributed by atoms with E-state index >= 15 is 0 Å². The molecule has 1 aliphatic rings. The zero-order valence-corrected chi connectivity index (χ0v) is 14.7. The summed E-state index contributed by atoms with van der Waals surface area (Å²) in [5.74, 6) is 0.919. The van der Waals surface area contributed by atoms with Crippen molar-refractivity contribution in [2.75, 3.05) is 13.1 Å². The van der Waals surface area contributed by atoms with Gasteiger partial charge in [0.15, 0.2) is 0 Å². The van der Waals surface area contributed by atoms with Crippen LogP contribution in [0.1, 0.15) is 24.0 Å². The van der Waals surface area contributed by atoms with Gasteiger partial charge in [-0.15, -0.1) is 0 Å². The molecule has 0 aromatic heterocycles. The monoisotopic (exact) mass is 345 g/mol. The van der Waals surface area contributed by atoms with E-state index in [1.807, 2.05) is 61.5 Å². The van der Waals surface area contributed by atoms with Crippen LogP contribution in [0.5, 0.6) is 5.75 Å². The molecule has 0 atom stereocenters. The molecule has 1 aliphatic heterocycles. The Hall–Kier alpha value is -1.85. The number of rotatable bonds is 5. The van der Waals surface area contributed by atoms with Crippen molar-refractivity contribution < 1.29 is 13.2 Å². The highest BCUT2D eigenvalue weighted by molar-refractivity contribution is 7.88. The van der Waals surface area contributed by atoms with Gasteiger partial charge < -0.3 is 4.74 Å². The quantitative estimate of drug-likeness (QED) is 0.835. The van der Waals surface area contributed by atoms with Crippen LogP contribution in [0.2, 0.25) is 0 Å². The first kappa shape index (κ1) is 17.0. The minimum absolute atomic E-state index is 0.0733. The fraction of sp³-hybridized carbons (Fsp3) is 0.368. The van der Waals surface area contributed by atoms with Gasteiger partial charge in [0.1, 0.15) is 11.9 Å². The van der Waals surface area contributed by atoms with Crippen LogP contribution in [0.15, 0.2) is 54.6 Å². The Labute approximate surface area is 144 Å². The molecule has 0 radical (unpaired) electrons. The molecule has 0 bridgehead atoms. The first-order valence-electron chi connectivity index (χ1n) is 8.28. The second-order valence-corrected chi connectivity index (χ2v) is 8.18. The molecule has 1 fully saturated rings. The molecule has 0 spiro atoms. The van der Waals surface area contributed by atoms with E-state index in [1.54, 1.807) is 4.31 Å². The van der Waals surface area contributed by atoms with Crippen LogP contribution in [0.25, 0.3) is 0 Å². The molecule has 24 heavy (non-hydrogen) atoms. The molecule has 4 nitrogen and oxygen atoms in total. The number of piperidine rings is 1. The number of aryl methyl sites for hydroxylation is 1. The molecule has 2 aromatic carbocycles. The summed E-state index contributed by atoms with van der Waals surface area (Å²) < 4.78 is 32.8. The van der Waals surface area contributed by atoms with Gasteiger partial charge in [-0.25, -0.2) is 12.7 Å². The van der Waals surface area contributed by atoms with Crippen molar-refractivity contribution in [1.82, 2.24) is 4.31 Å². The van der Waals surface area contributed by atoms with Crippen molar-refractivity contribution in [3.8, 4) is 5.75 Å². The lowest BCUT2D eigenvalue weighted by atomic mass is 10.1. The second kappa shape index (κ2) is 7.36. The van der Waals surface area contributed by atoms with Crippen LogP contribution in [0.3, 0.4) is 0 Å². The lowest BCUT2D eigenvalue weighted by Gasteiger charge is -2.31. The van der Waals surface area contributed by atoms with Crippen LogP contribution in [0, 0.1) is 6.92 Å². The van der Waals surface area contributed by atoms with Crippen molar-refractivity contribution in [2.45, 2.75) is 31.6 Å². The van der Waals surface area contributed by atoms with E-state index in [2.05, 4.69) is 0 Å². The van der Waals surface area contributed by atoms with E-state index in [0.717, 1.165) is 29.7 Å². The molecule has 1 heterocycles. The first-order valence-corrected chi connectivity index (χ1v) is 9.89. The average molecular weight is 345 g/mol. The molecule has 5 heteroatoms. The normalized spacial score (nSPS) is 16.9. The van der Waals surface area contributed by atoms with Crippen LogP contribution in [-0.4, -0.2) is 31.9 Å². The Morgan fingerprint density at radius 3 is 2.29 bits per heavy atom. The van der Waals surface area contributed by atoms with E-state index in [4.69, 9.17) is 4.74 Å². The molecular formula is C19H23NO3S. The van der Waals surface area contributed by atoms with Crippen molar-refractivity contribution in [3.05, 3.63) is 65.7 Å². The molecular weight excluding hydrogens is 322 g/mol. The minimum atomic E-state index is -3.28.